The summed E-state index contributed by atoms with van der Waals surface area (Å²) >= 11 is 0. The van der Waals surface area contributed by atoms with Crippen molar-refractivity contribution >= 4 is 11.8 Å². The maximum Gasteiger partial charge on any atom is 0.243 e. The lowest BCUT2D eigenvalue weighted by molar-refractivity contribution is -0.140. The molecular weight excluding hydrogens is 360 g/mol. The first-order valence-corrected chi connectivity index (χ1v) is 10.6. The Hall–Kier alpha value is -2.62. The largest absolute Gasteiger partial charge is 0.352 e. The monoisotopic (exact) mass is 394 g/mol. The summed E-state index contributed by atoms with van der Waals surface area (Å²) in [5.41, 5.74) is 3.31. The van der Waals surface area contributed by atoms with E-state index in [9.17, 15) is 9.59 Å². The molecule has 0 aliphatic carbocycles. The number of nitrogens with zero attached hydrogens (tertiary/aromatic N) is 1. The first kappa shape index (κ1) is 22.7. The van der Waals surface area contributed by atoms with Gasteiger partial charge >= 0.3 is 0 Å². The fraction of sp³-hybridized carbons (Fsp3) is 0.440. The molecule has 0 aromatic heterocycles. The fourth-order valence-corrected chi connectivity index (χ4v) is 3.32. The lowest BCUT2D eigenvalue weighted by Gasteiger charge is -2.31. The van der Waals surface area contributed by atoms with Crippen molar-refractivity contribution in [3.63, 3.8) is 0 Å². The van der Waals surface area contributed by atoms with E-state index in [1.165, 1.54) is 5.56 Å². The van der Waals surface area contributed by atoms with Crippen LogP contribution in [0.4, 0.5) is 0 Å². The van der Waals surface area contributed by atoms with Crippen molar-refractivity contribution in [3.05, 3.63) is 71.3 Å². The molecule has 0 radical (unpaired) electrons. The second kappa shape index (κ2) is 11.4. The van der Waals surface area contributed by atoms with Crippen LogP contribution in [0, 0.1) is 6.92 Å². The van der Waals surface area contributed by atoms with Crippen LogP contribution in [0.15, 0.2) is 54.6 Å². The van der Waals surface area contributed by atoms with E-state index in [2.05, 4.69) is 17.4 Å². The van der Waals surface area contributed by atoms with E-state index < -0.39 is 6.04 Å². The molecule has 2 aromatic rings. The standard InChI is InChI=1S/C25H34N2O2/c1-5-20(4)26-25(29)23(6-2)27(17-16-21-10-8-7-9-11-21)24(28)18-22-14-12-19(3)13-15-22/h7-15,20,23H,5-6,16-18H2,1-4H3,(H,26,29)/t20-,23-/m1/s1. The Morgan fingerprint density at radius 3 is 2.17 bits per heavy atom. The molecule has 2 amide bonds. The number of hydrogen-bond acceptors (Lipinski definition) is 2. The Kier molecular flexibility index (Phi) is 8.91. The second-order valence-electron chi connectivity index (χ2n) is 7.73. The summed E-state index contributed by atoms with van der Waals surface area (Å²) in [6.45, 7) is 8.56. The minimum Gasteiger partial charge on any atom is -0.352 e. The fourth-order valence-electron chi connectivity index (χ4n) is 3.32. The highest BCUT2D eigenvalue weighted by atomic mass is 16.2. The number of hydrogen-bond donors (Lipinski definition) is 1. The molecule has 2 atom stereocenters. The van der Waals surface area contributed by atoms with E-state index >= 15 is 0 Å². The molecule has 0 saturated carbocycles. The third-order valence-corrected chi connectivity index (χ3v) is 5.35. The quantitative estimate of drug-likeness (QED) is 0.653. The van der Waals surface area contributed by atoms with E-state index in [4.69, 9.17) is 0 Å². The number of nitrogens with one attached hydrogen (secondary N) is 1. The number of rotatable bonds is 10. The zero-order chi connectivity index (χ0) is 21.2. The molecule has 0 aliphatic rings. The van der Waals surface area contributed by atoms with Crippen LogP contribution in [0.5, 0.6) is 0 Å². The highest BCUT2D eigenvalue weighted by Crippen LogP contribution is 2.13. The van der Waals surface area contributed by atoms with Crippen molar-refractivity contribution in [2.75, 3.05) is 6.54 Å². The molecule has 0 fully saturated rings. The Balaban J connectivity index is 2.18. The molecular formula is C25H34N2O2. The summed E-state index contributed by atoms with van der Waals surface area (Å²) in [6, 6.07) is 17.8. The molecule has 0 unspecified atom stereocenters. The van der Waals surface area contributed by atoms with E-state index in [1.807, 2.05) is 70.2 Å². The van der Waals surface area contributed by atoms with Crippen molar-refractivity contribution in [3.8, 4) is 0 Å². The van der Waals surface area contributed by atoms with E-state index in [0.29, 0.717) is 19.4 Å². The smallest absolute Gasteiger partial charge is 0.243 e. The van der Waals surface area contributed by atoms with Crippen LogP contribution in [-0.2, 0) is 22.4 Å². The molecule has 0 spiro atoms. The van der Waals surface area contributed by atoms with Crippen LogP contribution < -0.4 is 5.32 Å². The van der Waals surface area contributed by atoms with Gasteiger partial charge in [-0.15, -0.1) is 0 Å². The average Bonchev–Trinajstić information content (AvgIpc) is 2.73. The minimum absolute atomic E-state index is 0.00376. The van der Waals surface area contributed by atoms with Crippen molar-refractivity contribution in [1.29, 1.82) is 0 Å². The molecule has 4 heteroatoms. The molecule has 1 N–H and O–H groups in total. The lowest BCUT2D eigenvalue weighted by Crippen LogP contribution is -2.52. The Bertz CT molecular complexity index is 771. The average molecular weight is 395 g/mol. The van der Waals surface area contributed by atoms with Gasteiger partial charge in [0, 0.05) is 12.6 Å². The molecule has 2 rings (SSSR count). The predicted octanol–water partition coefficient (Wildman–Crippen LogP) is 4.30. The zero-order valence-corrected chi connectivity index (χ0v) is 18.2. The van der Waals surface area contributed by atoms with E-state index in [-0.39, 0.29) is 17.9 Å². The molecule has 0 heterocycles. The zero-order valence-electron chi connectivity index (χ0n) is 18.2. The number of amides is 2. The van der Waals surface area contributed by atoms with Crippen LogP contribution in [0.3, 0.4) is 0 Å². The van der Waals surface area contributed by atoms with Crippen molar-refractivity contribution in [2.45, 2.75) is 65.5 Å². The van der Waals surface area contributed by atoms with Gasteiger partial charge in [-0.25, -0.2) is 0 Å². The Morgan fingerprint density at radius 2 is 1.59 bits per heavy atom. The normalized spacial score (nSPS) is 12.8. The number of benzene rings is 2. The van der Waals surface area contributed by atoms with E-state index in [0.717, 1.165) is 24.0 Å². The van der Waals surface area contributed by atoms with Gasteiger partial charge < -0.3 is 10.2 Å². The van der Waals surface area contributed by atoms with Gasteiger partial charge in [-0.05, 0) is 44.2 Å². The number of carbonyl (C=O) groups excluding carboxylic acids is 2. The summed E-state index contributed by atoms with van der Waals surface area (Å²) in [7, 11) is 0. The van der Waals surface area contributed by atoms with Crippen LogP contribution in [0.1, 0.15) is 50.3 Å². The van der Waals surface area contributed by atoms with Crippen LogP contribution in [0.2, 0.25) is 0 Å². The third-order valence-electron chi connectivity index (χ3n) is 5.35. The summed E-state index contributed by atoms with van der Waals surface area (Å²) < 4.78 is 0. The first-order valence-electron chi connectivity index (χ1n) is 10.6. The van der Waals surface area contributed by atoms with Gasteiger partial charge in [0.15, 0.2) is 0 Å². The van der Waals surface area contributed by atoms with Crippen LogP contribution in [-0.4, -0.2) is 35.3 Å². The van der Waals surface area contributed by atoms with E-state index in [1.54, 1.807) is 4.90 Å². The second-order valence-corrected chi connectivity index (χ2v) is 7.73. The molecule has 0 bridgehead atoms. The molecule has 0 saturated heterocycles. The molecule has 4 nitrogen and oxygen atoms in total. The van der Waals surface area contributed by atoms with Gasteiger partial charge in [-0.3, -0.25) is 9.59 Å². The summed E-state index contributed by atoms with van der Waals surface area (Å²) in [5.74, 6) is -0.0666. The Labute approximate surface area is 175 Å². The molecule has 2 aromatic carbocycles. The van der Waals surface area contributed by atoms with Gasteiger partial charge in [0.1, 0.15) is 6.04 Å². The van der Waals surface area contributed by atoms with Gasteiger partial charge in [0.25, 0.3) is 0 Å². The van der Waals surface area contributed by atoms with Gasteiger partial charge in [-0.2, -0.15) is 0 Å². The van der Waals surface area contributed by atoms with Gasteiger partial charge in [0.2, 0.25) is 11.8 Å². The predicted molar refractivity (Wildman–Crippen MR) is 119 cm³/mol. The van der Waals surface area contributed by atoms with Gasteiger partial charge in [0.05, 0.1) is 6.42 Å². The van der Waals surface area contributed by atoms with Gasteiger partial charge in [-0.1, -0.05) is 74.0 Å². The molecule has 29 heavy (non-hydrogen) atoms. The first-order chi connectivity index (χ1) is 13.9. The third kappa shape index (κ3) is 7.04. The summed E-state index contributed by atoms with van der Waals surface area (Å²) in [5, 5.41) is 3.05. The highest BCUT2D eigenvalue weighted by molar-refractivity contribution is 5.88. The van der Waals surface area contributed by atoms with Crippen LogP contribution >= 0.6 is 0 Å². The number of aryl methyl sites for hydroxylation is 1. The number of carbonyl (C=O) groups is 2. The van der Waals surface area contributed by atoms with Crippen molar-refractivity contribution in [1.82, 2.24) is 10.2 Å². The maximum absolute atomic E-state index is 13.2. The molecule has 156 valence electrons. The molecule has 0 aliphatic heterocycles. The van der Waals surface area contributed by atoms with Crippen LogP contribution in [0.25, 0.3) is 0 Å². The summed E-state index contributed by atoms with van der Waals surface area (Å²) in [6.07, 6.45) is 2.50. The summed E-state index contributed by atoms with van der Waals surface area (Å²) in [4.78, 5) is 27.9. The topological polar surface area (TPSA) is 49.4 Å². The van der Waals surface area contributed by atoms with Crippen molar-refractivity contribution < 1.29 is 9.59 Å². The lowest BCUT2D eigenvalue weighted by atomic mass is 10.0. The maximum atomic E-state index is 13.2. The minimum atomic E-state index is -0.453. The highest BCUT2D eigenvalue weighted by Gasteiger charge is 2.28. The SMILES string of the molecule is CC[C@@H](C)NC(=O)[C@@H](CC)N(CCc1ccccc1)C(=O)Cc1ccc(C)cc1. The Morgan fingerprint density at radius 1 is 0.931 bits per heavy atom. The van der Waals surface area contributed by atoms with Crippen molar-refractivity contribution in [2.24, 2.45) is 0 Å².